The van der Waals surface area contributed by atoms with Crippen LogP contribution in [0.4, 0.5) is 13.2 Å². The van der Waals surface area contributed by atoms with Crippen molar-refractivity contribution in [3.05, 3.63) is 126 Å². The van der Waals surface area contributed by atoms with Gasteiger partial charge in [-0.3, -0.25) is 0 Å². The van der Waals surface area contributed by atoms with Crippen LogP contribution in [-0.2, 0) is 12.6 Å². The molecule has 0 spiro atoms. The van der Waals surface area contributed by atoms with Crippen molar-refractivity contribution in [2.45, 2.75) is 19.5 Å². The fourth-order valence-corrected chi connectivity index (χ4v) is 4.89. The van der Waals surface area contributed by atoms with Gasteiger partial charge >= 0.3 is 6.18 Å². The molecule has 0 unspecified atom stereocenters. The average Bonchev–Trinajstić information content (AvgIpc) is 2.95. The summed E-state index contributed by atoms with van der Waals surface area (Å²) in [6.07, 6.45) is -3.82. The zero-order chi connectivity index (χ0) is 26.3. The van der Waals surface area contributed by atoms with Crippen LogP contribution in [0.15, 0.2) is 115 Å². The van der Waals surface area contributed by atoms with Gasteiger partial charge in [-0.2, -0.15) is 13.2 Å². The molecule has 4 heteroatoms. The molecular weight excluding hydrogens is 479 g/mol. The number of alkyl halides is 3. The number of benzene rings is 5. The number of rotatable bonds is 4. The molecule has 38 heavy (non-hydrogen) atoms. The predicted octanol–water partition coefficient (Wildman–Crippen LogP) is 9.97. The zero-order valence-corrected chi connectivity index (χ0v) is 20.8. The standard InChI is InChI=1S/C34H24F3N/c1-2-22-17-30(21-31(18-22)34(35,36)37)29-14-13-27-19-26(11-12-28(27)20-29)23-7-9-25(10-8-23)33-16-15-24-5-3-4-6-32(24)38-33/h3-21H,2H2,1H3. The van der Waals surface area contributed by atoms with Gasteiger partial charge in [0.25, 0.3) is 0 Å². The Labute approximate surface area is 219 Å². The molecule has 6 aromatic rings. The molecule has 0 aliphatic rings. The first-order valence-corrected chi connectivity index (χ1v) is 12.6. The van der Waals surface area contributed by atoms with Gasteiger partial charge in [-0.1, -0.05) is 85.8 Å². The van der Waals surface area contributed by atoms with Gasteiger partial charge in [0.2, 0.25) is 0 Å². The van der Waals surface area contributed by atoms with Crippen molar-refractivity contribution in [3.8, 4) is 33.5 Å². The van der Waals surface area contributed by atoms with E-state index >= 15 is 0 Å². The van der Waals surface area contributed by atoms with Gasteiger partial charge in [-0.15, -0.1) is 0 Å². The van der Waals surface area contributed by atoms with E-state index in [1.54, 1.807) is 0 Å². The van der Waals surface area contributed by atoms with Gasteiger partial charge in [-0.25, -0.2) is 4.98 Å². The van der Waals surface area contributed by atoms with Gasteiger partial charge in [0.15, 0.2) is 0 Å². The predicted molar refractivity (Wildman–Crippen MR) is 150 cm³/mol. The zero-order valence-electron chi connectivity index (χ0n) is 20.8. The Morgan fingerprint density at radius 3 is 1.84 bits per heavy atom. The van der Waals surface area contributed by atoms with Crippen LogP contribution in [0.5, 0.6) is 0 Å². The van der Waals surface area contributed by atoms with Gasteiger partial charge < -0.3 is 0 Å². The first-order chi connectivity index (χ1) is 18.4. The van der Waals surface area contributed by atoms with E-state index in [4.69, 9.17) is 4.98 Å². The highest BCUT2D eigenvalue weighted by atomic mass is 19.4. The molecule has 0 saturated heterocycles. The van der Waals surface area contributed by atoms with E-state index in [2.05, 4.69) is 48.5 Å². The van der Waals surface area contributed by atoms with Crippen LogP contribution >= 0.6 is 0 Å². The highest BCUT2D eigenvalue weighted by Crippen LogP contribution is 2.35. The smallest absolute Gasteiger partial charge is 0.248 e. The first kappa shape index (κ1) is 23.9. The normalized spacial score (nSPS) is 11.8. The second-order valence-electron chi connectivity index (χ2n) is 9.51. The van der Waals surface area contributed by atoms with Crippen LogP contribution in [0, 0.1) is 0 Å². The van der Waals surface area contributed by atoms with Crippen molar-refractivity contribution in [2.24, 2.45) is 0 Å². The number of fused-ring (bicyclic) bond motifs is 2. The summed E-state index contributed by atoms with van der Waals surface area (Å²) >= 11 is 0. The van der Waals surface area contributed by atoms with Crippen LogP contribution < -0.4 is 0 Å². The van der Waals surface area contributed by atoms with Crippen molar-refractivity contribution >= 4 is 21.7 Å². The lowest BCUT2D eigenvalue weighted by Crippen LogP contribution is -2.06. The van der Waals surface area contributed by atoms with Crippen molar-refractivity contribution in [3.63, 3.8) is 0 Å². The lowest BCUT2D eigenvalue weighted by Gasteiger charge is -2.13. The van der Waals surface area contributed by atoms with Crippen molar-refractivity contribution in [1.82, 2.24) is 4.98 Å². The fourth-order valence-electron chi connectivity index (χ4n) is 4.89. The Hall–Kier alpha value is -4.44. The van der Waals surface area contributed by atoms with Crippen molar-refractivity contribution in [1.29, 1.82) is 0 Å². The molecule has 0 atom stereocenters. The van der Waals surface area contributed by atoms with Gasteiger partial charge in [0.1, 0.15) is 0 Å². The van der Waals surface area contributed by atoms with Crippen LogP contribution in [0.3, 0.4) is 0 Å². The summed E-state index contributed by atoms with van der Waals surface area (Å²) in [6, 6.07) is 36.9. The molecule has 1 heterocycles. The Kier molecular flexibility index (Phi) is 5.96. The van der Waals surface area contributed by atoms with E-state index in [1.807, 2.05) is 61.5 Å². The second kappa shape index (κ2) is 9.46. The number of hydrogen-bond donors (Lipinski definition) is 0. The van der Waals surface area contributed by atoms with Crippen molar-refractivity contribution < 1.29 is 13.2 Å². The fraction of sp³-hybridized carbons (Fsp3) is 0.0882. The summed E-state index contributed by atoms with van der Waals surface area (Å²) < 4.78 is 40.3. The van der Waals surface area contributed by atoms with Gasteiger partial charge in [-0.05, 0) is 81.4 Å². The van der Waals surface area contributed by atoms with E-state index in [1.165, 1.54) is 12.1 Å². The third-order valence-corrected chi connectivity index (χ3v) is 7.01. The summed E-state index contributed by atoms with van der Waals surface area (Å²) in [5.74, 6) is 0. The molecule has 1 aromatic heterocycles. The molecule has 0 aliphatic carbocycles. The average molecular weight is 504 g/mol. The summed E-state index contributed by atoms with van der Waals surface area (Å²) in [5.41, 5.74) is 6.55. The van der Waals surface area contributed by atoms with Crippen LogP contribution in [-0.4, -0.2) is 4.98 Å². The van der Waals surface area contributed by atoms with E-state index in [-0.39, 0.29) is 0 Å². The van der Waals surface area contributed by atoms with E-state index in [0.29, 0.717) is 17.5 Å². The van der Waals surface area contributed by atoms with E-state index in [0.717, 1.165) is 49.6 Å². The van der Waals surface area contributed by atoms with E-state index in [9.17, 15) is 13.2 Å². The Morgan fingerprint density at radius 2 is 1.16 bits per heavy atom. The molecule has 186 valence electrons. The minimum atomic E-state index is -4.37. The third-order valence-electron chi connectivity index (χ3n) is 7.01. The van der Waals surface area contributed by atoms with Crippen molar-refractivity contribution in [2.75, 3.05) is 0 Å². The highest BCUT2D eigenvalue weighted by Gasteiger charge is 2.31. The number of para-hydroxylation sites is 1. The summed E-state index contributed by atoms with van der Waals surface area (Å²) in [6.45, 7) is 1.87. The largest absolute Gasteiger partial charge is 0.416 e. The monoisotopic (exact) mass is 503 g/mol. The molecule has 0 N–H and O–H groups in total. The third kappa shape index (κ3) is 4.66. The SMILES string of the molecule is CCc1cc(-c2ccc3cc(-c4ccc(-c5ccc6ccccc6n5)cc4)ccc3c2)cc(C(F)(F)F)c1. The Morgan fingerprint density at radius 1 is 0.553 bits per heavy atom. The number of aryl methyl sites for hydroxylation is 1. The van der Waals surface area contributed by atoms with Crippen LogP contribution in [0.25, 0.3) is 55.2 Å². The molecule has 0 fully saturated rings. The number of hydrogen-bond acceptors (Lipinski definition) is 1. The quantitative estimate of drug-likeness (QED) is 0.233. The topological polar surface area (TPSA) is 12.9 Å². The second-order valence-corrected chi connectivity index (χ2v) is 9.51. The molecule has 0 radical (unpaired) electrons. The molecule has 0 saturated carbocycles. The number of nitrogens with zero attached hydrogens (tertiary/aromatic N) is 1. The highest BCUT2D eigenvalue weighted by molar-refractivity contribution is 5.91. The minimum Gasteiger partial charge on any atom is -0.248 e. The summed E-state index contributed by atoms with van der Waals surface area (Å²) in [7, 11) is 0. The summed E-state index contributed by atoms with van der Waals surface area (Å²) in [5, 5.41) is 3.14. The van der Waals surface area contributed by atoms with Crippen LogP contribution in [0.2, 0.25) is 0 Å². The lowest BCUT2D eigenvalue weighted by atomic mass is 9.95. The molecule has 0 amide bonds. The molecule has 5 aromatic carbocycles. The maximum absolute atomic E-state index is 13.4. The van der Waals surface area contributed by atoms with Gasteiger partial charge in [0.05, 0.1) is 16.8 Å². The first-order valence-electron chi connectivity index (χ1n) is 12.6. The van der Waals surface area contributed by atoms with Crippen LogP contribution in [0.1, 0.15) is 18.1 Å². The summed E-state index contributed by atoms with van der Waals surface area (Å²) in [4.78, 5) is 4.79. The van der Waals surface area contributed by atoms with E-state index < -0.39 is 11.7 Å². The lowest BCUT2D eigenvalue weighted by molar-refractivity contribution is -0.137. The number of aromatic nitrogens is 1. The maximum Gasteiger partial charge on any atom is 0.416 e. The molecule has 1 nitrogen and oxygen atoms in total. The number of halogens is 3. The van der Waals surface area contributed by atoms with Gasteiger partial charge in [0, 0.05) is 10.9 Å². The minimum absolute atomic E-state index is 0.545. The maximum atomic E-state index is 13.4. The Bertz CT molecular complexity index is 1780. The molecule has 0 bridgehead atoms. The number of pyridine rings is 1. The molecule has 0 aliphatic heterocycles. The molecule has 6 rings (SSSR count). The molecular formula is C34H24F3N. The Balaban J connectivity index is 1.30.